The molecule has 2 N–H and O–H groups in total. The number of phenolic OH excluding ortho intramolecular Hbond substituents is 1. The van der Waals surface area contributed by atoms with Crippen molar-refractivity contribution in [3.05, 3.63) is 63.2 Å². The summed E-state index contributed by atoms with van der Waals surface area (Å²) in [4.78, 5) is 10.2. The highest BCUT2D eigenvalue weighted by Gasteiger charge is 2.13. The Morgan fingerprint density at radius 2 is 1.95 bits per heavy atom. The average molecular weight is 307 g/mol. The van der Waals surface area contributed by atoms with Crippen molar-refractivity contribution in [2.45, 2.75) is 19.4 Å². The summed E-state index contributed by atoms with van der Waals surface area (Å²) >= 11 is 5.88. The van der Waals surface area contributed by atoms with E-state index in [0.29, 0.717) is 0 Å². The molecule has 2 aromatic rings. The maximum atomic E-state index is 10.7. The highest BCUT2D eigenvalue weighted by atomic mass is 35.5. The fourth-order valence-corrected chi connectivity index (χ4v) is 2.32. The largest absolute Gasteiger partial charge is 0.508 e. The van der Waals surface area contributed by atoms with Crippen molar-refractivity contribution in [1.82, 2.24) is 0 Å². The summed E-state index contributed by atoms with van der Waals surface area (Å²) in [5, 5.41) is 23.3. The van der Waals surface area contributed by atoms with Crippen LogP contribution in [-0.2, 0) is 6.42 Å². The third-order valence-corrected chi connectivity index (χ3v) is 3.34. The van der Waals surface area contributed by atoms with Gasteiger partial charge in [0.25, 0.3) is 5.69 Å². The number of nitrogens with zero attached hydrogens (tertiary/aromatic N) is 1. The van der Waals surface area contributed by atoms with Crippen molar-refractivity contribution in [3.63, 3.8) is 0 Å². The van der Waals surface area contributed by atoms with E-state index in [0.717, 1.165) is 17.7 Å². The Kier molecular flexibility index (Phi) is 4.65. The van der Waals surface area contributed by atoms with E-state index >= 15 is 0 Å². The number of nitro benzene ring substituents is 1. The van der Waals surface area contributed by atoms with Crippen LogP contribution in [0.15, 0.2) is 42.5 Å². The lowest BCUT2D eigenvalue weighted by atomic mass is 10.1. The molecular formula is C15H15ClN2O3. The molecule has 0 amide bonds. The maximum absolute atomic E-state index is 10.7. The molecule has 110 valence electrons. The third-order valence-electron chi connectivity index (χ3n) is 3.04. The highest BCUT2D eigenvalue weighted by molar-refractivity contribution is 6.32. The van der Waals surface area contributed by atoms with E-state index in [2.05, 4.69) is 5.32 Å². The molecule has 1 atom stereocenters. The molecule has 2 rings (SSSR count). The topological polar surface area (TPSA) is 75.4 Å². The van der Waals surface area contributed by atoms with E-state index in [9.17, 15) is 15.2 Å². The lowest BCUT2D eigenvalue weighted by Gasteiger charge is -2.15. The summed E-state index contributed by atoms with van der Waals surface area (Å²) in [6.45, 7) is 2.00. The Bertz CT molecular complexity index is 644. The van der Waals surface area contributed by atoms with Crippen molar-refractivity contribution >= 4 is 23.0 Å². The summed E-state index contributed by atoms with van der Waals surface area (Å²) in [6.07, 6.45) is 0.759. The zero-order valence-electron chi connectivity index (χ0n) is 11.4. The first-order valence-corrected chi connectivity index (χ1v) is 6.82. The van der Waals surface area contributed by atoms with E-state index < -0.39 is 4.92 Å². The maximum Gasteiger partial charge on any atom is 0.288 e. The van der Waals surface area contributed by atoms with Gasteiger partial charge in [0.2, 0.25) is 0 Å². The van der Waals surface area contributed by atoms with E-state index in [1.165, 1.54) is 6.07 Å². The van der Waals surface area contributed by atoms with Gasteiger partial charge in [0.05, 0.1) is 4.92 Å². The fraction of sp³-hybridized carbons (Fsp3) is 0.200. The van der Waals surface area contributed by atoms with Crippen molar-refractivity contribution in [1.29, 1.82) is 0 Å². The third kappa shape index (κ3) is 4.10. The van der Waals surface area contributed by atoms with Crippen LogP contribution in [-0.4, -0.2) is 16.1 Å². The molecule has 0 spiro atoms. The van der Waals surface area contributed by atoms with Crippen LogP contribution in [0.3, 0.4) is 0 Å². The number of hydrogen-bond donors (Lipinski definition) is 2. The van der Waals surface area contributed by atoms with Crippen LogP contribution < -0.4 is 5.32 Å². The lowest BCUT2D eigenvalue weighted by Crippen LogP contribution is -2.18. The Morgan fingerprint density at radius 1 is 1.29 bits per heavy atom. The molecular weight excluding hydrogens is 292 g/mol. The predicted molar refractivity (Wildman–Crippen MR) is 83.0 cm³/mol. The number of hydrogen-bond acceptors (Lipinski definition) is 4. The van der Waals surface area contributed by atoms with Crippen LogP contribution in [0, 0.1) is 10.1 Å². The molecule has 0 aliphatic heterocycles. The van der Waals surface area contributed by atoms with Gasteiger partial charge in [-0.25, -0.2) is 0 Å². The molecule has 0 saturated carbocycles. The number of aromatic hydroxyl groups is 1. The number of halogens is 1. The minimum atomic E-state index is -0.508. The van der Waals surface area contributed by atoms with Gasteiger partial charge in [-0.2, -0.15) is 0 Å². The first-order valence-electron chi connectivity index (χ1n) is 6.44. The van der Waals surface area contributed by atoms with Crippen LogP contribution in [0.5, 0.6) is 5.75 Å². The van der Waals surface area contributed by atoms with Gasteiger partial charge in [-0.05, 0) is 43.2 Å². The summed E-state index contributed by atoms with van der Waals surface area (Å²) in [7, 11) is 0. The van der Waals surface area contributed by atoms with E-state index in [1.807, 2.05) is 19.1 Å². The van der Waals surface area contributed by atoms with Gasteiger partial charge in [0.15, 0.2) is 0 Å². The molecule has 0 bridgehead atoms. The summed E-state index contributed by atoms with van der Waals surface area (Å²) in [5.74, 6) is 0.238. The minimum absolute atomic E-state index is 0.103. The normalized spacial score (nSPS) is 11.9. The van der Waals surface area contributed by atoms with Gasteiger partial charge in [0, 0.05) is 17.8 Å². The number of phenols is 1. The second-order valence-electron chi connectivity index (χ2n) is 4.84. The molecule has 1 unspecified atom stereocenters. The second-order valence-corrected chi connectivity index (χ2v) is 5.25. The van der Waals surface area contributed by atoms with Crippen LogP contribution in [0.1, 0.15) is 12.5 Å². The van der Waals surface area contributed by atoms with Gasteiger partial charge in [-0.15, -0.1) is 0 Å². The Labute approximate surface area is 127 Å². The number of nitrogens with one attached hydrogen (secondary N) is 1. The molecule has 0 aliphatic carbocycles. The Balaban J connectivity index is 2.02. The predicted octanol–water partition coefficient (Wildman–Crippen LogP) is 4.00. The minimum Gasteiger partial charge on any atom is -0.508 e. The molecule has 5 nitrogen and oxygen atoms in total. The summed E-state index contributed by atoms with van der Waals surface area (Å²) in [5.41, 5.74) is 1.71. The van der Waals surface area contributed by atoms with Crippen LogP contribution in [0.2, 0.25) is 5.02 Å². The molecule has 0 fully saturated rings. The zero-order valence-corrected chi connectivity index (χ0v) is 12.2. The zero-order chi connectivity index (χ0) is 15.4. The highest BCUT2D eigenvalue weighted by Crippen LogP contribution is 2.27. The van der Waals surface area contributed by atoms with Crippen molar-refractivity contribution in [2.75, 3.05) is 5.32 Å². The quantitative estimate of drug-likeness (QED) is 0.647. The first-order chi connectivity index (χ1) is 9.95. The van der Waals surface area contributed by atoms with Crippen molar-refractivity contribution < 1.29 is 10.0 Å². The van der Waals surface area contributed by atoms with Gasteiger partial charge in [-0.1, -0.05) is 23.7 Å². The number of rotatable bonds is 5. The smallest absolute Gasteiger partial charge is 0.288 e. The molecule has 0 aliphatic rings. The summed E-state index contributed by atoms with van der Waals surface area (Å²) in [6, 6.07) is 11.7. The van der Waals surface area contributed by atoms with Crippen LogP contribution >= 0.6 is 11.6 Å². The van der Waals surface area contributed by atoms with E-state index in [-0.39, 0.29) is 22.5 Å². The van der Waals surface area contributed by atoms with E-state index in [1.54, 1.807) is 24.3 Å². The van der Waals surface area contributed by atoms with Crippen LogP contribution in [0.25, 0.3) is 0 Å². The van der Waals surface area contributed by atoms with Crippen LogP contribution in [0.4, 0.5) is 11.4 Å². The Hall–Kier alpha value is -2.27. The first kappa shape index (κ1) is 15.1. The number of benzene rings is 2. The average Bonchev–Trinajstić information content (AvgIpc) is 2.41. The lowest BCUT2D eigenvalue weighted by molar-refractivity contribution is -0.384. The van der Waals surface area contributed by atoms with Crippen molar-refractivity contribution in [3.8, 4) is 5.75 Å². The van der Waals surface area contributed by atoms with Gasteiger partial charge >= 0.3 is 0 Å². The second kappa shape index (κ2) is 6.45. The van der Waals surface area contributed by atoms with Gasteiger partial charge in [-0.3, -0.25) is 10.1 Å². The molecule has 0 radical (unpaired) electrons. The SMILES string of the molecule is CC(Cc1ccc(O)cc1)Nc1ccc([N+](=O)[O-])c(Cl)c1. The Morgan fingerprint density at radius 3 is 2.52 bits per heavy atom. The fourth-order valence-electron chi connectivity index (χ4n) is 2.07. The van der Waals surface area contributed by atoms with Crippen molar-refractivity contribution in [2.24, 2.45) is 0 Å². The number of anilines is 1. The molecule has 21 heavy (non-hydrogen) atoms. The molecule has 0 saturated heterocycles. The van der Waals surface area contributed by atoms with Gasteiger partial charge in [0.1, 0.15) is 10.8 Å². The molecule has 6 heteroatoms. The standard InChI is InChI=1S/C15H15ClN2O3/c1-10(8-11-2-5-13(19)6-3-11)17-12-4-7-15(18(20)21)14(16)9-12/h2-7,9-10,17,19H,8H2,1H3. The van der Waals surface area contributed by atoms with E-state index in [4.69, 9.17) is 11.6 Å². The monoisotopic (exact) mass is 306 g/mol. The van der Waals surface area contributed by atoms with Gasteiger partial charge < -0.3 is 10.4 Å². The molecule has 2 aromatic carbocycles. The summed E-state index contributed by atoms with van der Waals surface area (Å²) < 4.78 is 0. The molecule has 0 aromatic heterocycles. The molecule has 0 heterocycles. The number of nitro groups is 1.